The fourth-order valence-corrected chi connectivity index (χ4v) is 2.13. The van der Waals surface area contributed by atoms with Crippen LogP contribution < -0.4 is 11.1 Å². The van der Waals surface area contributed by atoms with Crippen LogP contribution in [0.15, 0.2) is 30.5 Å². The van der Waals surface area contributed by atoms with E-state index >= 15 is 0 Å². The Morgan fingerprint density at radius 2 is 2.05 bits per heavy atom. The molecule has 0 aliphatic rings. The van der Waals surface area contributed by atoms with Crippen molar-refractivity contribution >= 4 is 5.69 Å². The molecule has 1 heterocycles. The highest BCUT2D eigenvalue weighted by Crippen LogP contribution is 2.22. The lowest BCUT2D eigenvalue weighted by atomic mass is 10.1. The average Bonchev–Trinajstić information content (AvgIpc) is 2.79. The second kappa shape index (κ2) is 5.84. The first-order valence-corrected chi connectivity index (χ1v) is 6.38. The molecule has 1 atom stereocenters. The maximum absolute atomic E-state index is 12.9. The van der Waals surface area contributed by atoms with E-state index in [2.05, 4.69) is 17.3 Å². The summed E-state index contributed by atoms with van der Waals surface area (Å²) in [6, 6.07) is 6.26. The molecular formula is C14H19FN4. The summed E-state index contributed by atoms with van der Waals surface area (Å²) >= 11 is 0. The minimum atomic E-state index is -0.245. The number of rotatable bonds is 5. The zero-order valence-electron chi connectivity index (χ0n) is 11.2. The van der Waals surface area contributed by atoms with E-state index in [4.69, 9.17) is 5.73 Å². The molecule has 0 radical (unpaired) electrons. The van der Waals surface area contributed by atoms with Crippen LogP contribution in [0, 0.1) is 5.82 Å². The van der Waals surface area contributed by atoms with Gasteiger partial charge in [0.2, 0.25) is 0 Å². The summed E-state index contributed by atoms with van der Waals surface area (Å²) in [7, 11) is 1.90. The summed E-state index contributed by atoms with van der Waals surface area (Å²) in [6.45, 7) is 2.52. The van der Waals surface area contributed by atoms with Gasteiger partial charge in [-0.3, -0.25) is 4.68 Å². The van der Waals surface area contributed by atoms with E-state index in [-0.39, 0.29) is 11.9 Å². The van der Waals surface area contributed by atoms with Gasteiger partial charge in [0, 0.05) is 31.0 Å². The van der Waals surface area contributed by atoms with Gasteiger partial charge in [-0.25, -0.2) is 4.39 Å². The second-order valence-electron chi connectivity index (χ2n) is 4.50. The number of aromatic nitrogens is 2. The normalized spacial score (nSPS) is 12.4. The number of anilines is 1. The van der Waals surface area contributed by atoms with Crippen molar-refractivity contribution in [2.75, 3.05) is 11.9 Å². The fourth-order valence-electron chi connectivity index (χ4n) is 2.13. The second-order valence-corrected chi connectivity index (χ2v) is 4.50. The number of nitrogens with zero attached hydrogens (tertiary/aromatic N) is 2. The summed E-state index contributed by atoms with van der Waals surface area (Å²) in [5.74, 6) is -0.245. The lowest BCUT2D eigenvalue weighted by molar-refractivity contribution is 0.628. The SMILES string of the molecule is CCc1nn(C)cc1C(CN)Nc1ccc(F)cc1. The van der Waals surface area contributed by atoms with Crippen LogP contribution in [-0.2, 0) is 13.5 Å². The Morgan fingerprint density at radius 3 is 2.63 bits per heavy atom. The summed E-state index contributed by atoms with van der Waals surface area (Å²) in [4.78, 5) is 0. The molecule has 3 N–H and O–H groups in total. The molecule has 2 rings (SSSR count). The van der Waals surface area contributed by atoms with Gasteiger partial charge in [-0.05, 0) is 30.7 Å². The van der Waals surface area contributed by atoms with Gasteiger partial charge in [-0.15, -0.1) is 0 Å². The lowest BCUT2D eigenvalue weighted by Gasteiger charge is -2.18. The molecule has 2 aromatic rings. The van der Waals surface area contributed by atoms with Crippen molar-refractivity contribution in [2.24, 2.45) is 12.8 Å². The molecule has 0 spiro atoms. The topological polar surface area (TPSA) is 55.9 Å². The maximum Gasteiger partial charge on any atom is 0.123 e. The van der Waals surface area contributed by atoms with Crippen molar-refractivity contribution in [3.63, 3.8) is 0 Å². The van der Waals surface area contributed by atoms with Gasteiger partial charge >= 0.3 is 0 Å². The van der Waals surface area contributed by atoms with Crippen LogP contribution in [0.3, 0.4) is 0 Å². The molecule has 0 amide bonds. The van der Waals surface area contributed by atoms with Gasteiger partial charge in [0.05, 0.1) is 11.7 Å². The molecule has 1 aromatic heterocycles. The summed E-state index contributed by atoms with van der Waals surface area (Å²) in [5, 5.41) is 7.73. The number of benzene rings is 1. The standard InChI is InChI=1S/C14H19FN4/c1-3-13-12(9-19(2)18-13)14(8-16)17-11-6-4-10(15)5-7-11/h4-7,9,14,17H,3,8,16H2,1-2H3. The zero-order chi connectivity index (χ0) is 13.8. The van der Waals surface area contributed by atoms with Crippen molar-refractivity contribution in [3.05, 3.63) is 47.5 Å². The number of aryl methyl sites for hydroxylation is 2. The average molecular weight is 262 g/mol. The zero-order valence-corrected chi connectivity index (χ0v) is 11.2. The maximum atomic E-state index is 12.9. The first kappa shape index (κ1) is 13.5. The molecule has 1 unspecified atom stereocenters. The molecule has 0 aliphatic carbocycles. The van der Waals surface area contributed by atoms with E-state index in [9.17, 15) is 4.39 Å². The van der Waals surface area contributed by atoms with Crippen LogP contribution in [0.4, 0.5) is 10.1 Å². The van der Waals surface area contributed by atoms with Crippen LogP contribution in [0.5, 0.6) is 0 Å². The van der Waals surface area contributed by atoms with Gasteiger partial charge < -0.3 is 11.1 Å². The Bertz CT molecular complexity index is 533. The number of nitrogens with two attached hydrogens (primary N) is 1. The Balaban J connectivity index is 2.22. The molecule has 19 heavy (non-hydrogen) atoms. The van der Waals surface area contributed by atoms with E-state index in [0.717, 1.165) is 23.4 Å². The van der Waals surface area contributed by atoms with Crippen molar-refractivity contribution in [2.45, 2.75) is 19.4 Å². The first-order valence-electron chi connectivity index (χ1n) is 6.38. The number of hydrogen-bond donors (Lipinski definition) is 2. The fraction of sp³-hybridized carbons (Fsp3) is 0.357. The number of nitrogens with one attached hydrogen (secondary N) is 1. The Morgan fingerprint density at radius 1 is 1.37 bits per heavy atom. The molecule has 0 saturated heterocycles. The Labute approximate surface area is 112 Å². The van der Waals surface area contributed by atoms with Crippen LogP contribution in [0.1, 0.15) is 24.2 Å². The van der Waals surface area contributed by atoms with Crippen molar-refractivity contribution in [1.82, 2.24) is 9.78 Å². The summed E-state index contributed by atoms with van der Waals surface area (Å²) in [6.07, 6.45) is 2.84. The first-order chi connectivity index (χ1) is 9.13. The molecular weight excluding hydrogens is 243 g/mol. The molecule has 5 heteroatoms. The molecule has 0 aliphatic heterocycles. The Kier molecular flexibility index (Phi) is 4.16. The van der Waals surface area contributed by atoms with Crippen LogP contribution in [-0.4, -0.2) is 16.3 Å². The van der Waals surface area contributed by atoms with Crippen LogP contribution >= 0.6 is 0 Å². The molecule has 1 aromatic carbocycles. The third-order valence-electron chi connectivity index (χ3n) is 3.07. The summed E-state index contributed by atoms with van der Waals surface area (Å²) in [5.41, 5.74) is 8.82. The van der Waals surface area contributed by atoms with Crippen molar-refractivity contribution < 1.29 is 4.39 Å². The van der Waals surface area contributed by atoms with Crippen molar-refractivity contribution in [3.8, 4) is 0 Å². The number of halogens is 1. The predicted molar refractivity (Wildman–Crippen MR) is 74.4 cm³/mol. The molecule has 4 nitrogen and oxygen atoms in total. The van der Waals surface area contributed by atoms with Gasteiger partial charge in [0.15, 0.2) is 0 Å². The molecule has 0 fully saturated rings. The minimum Gasteiger partial charge on any atom is -0.377 e. The lowest BCUT2D eigenvalue weighted by Crippen LogP contribution is -2.21. The quantitative estimate of drug-likeness (QED) is 0.868. The highest BCUT2D eigenvalue weighted by Gasteiger charge is 2.16. The van der Waals surface area contributed by atoms with Gasteiger partial charge in [0.25, 0.3) is 0 Å². The van der Waals surface area contributed by atoms with Gasteiger partial charge in [-0.1, -0.05) is 6.92 Å². The van der Waals surface area contributed by atoms with E-state index in [0.29, 0.717) is 6.54 Å². The minimum absolute atomic E-state index is 0.0193. The Hall–Kier alpha value is -1.88. The smallest absolute Gasteiger partial charge is 0.123 e. The van der Waals surface area contributed by atoms with E-state index in [1.807, 2.05) is 13.2 Å². The molecule has 102 valence electrons. The monoisotopic (exact) mass is 262 g/mol. The molecule has 0 saturated carbocycles. The highest BCUT2D eigenvalue weighted by atomic mass is 19.1. The number of hydrogen-bond acceptors (Lipinski definition) is 3. The van der Waals surface area contributed by atoms with E-state index in [1.165, 1.54) is 12.1 Å². The van der Waals surface area contributed by atoms with Crippen molar-refractivity contribution in [1.29, 1.82) is 0 Å². The molecule has 0 bridgehead atoms. The predicted octanol–water partition coefficient (Wildman–Crippen LogP) is 2.23. The van der Waals surface area contributed by atoms with E-state index < -0.39 is 0 Å². The highest BCUT2D eigenvalue weighted by molar-refractivity contribution is 5.46. The third-order valence-corrected chi connectivity index (χ3v) is 3.07. The summed E-state index contributed by atoms with van der Waals surface area (Å²) < 4.78 is 14.7. The van der Waals surface area contributed by atoms with Gasteiger partial charge in [0.1, 0.15) is 5.82 Å². The van der Waals surface area contributed by atoms with Crippen LogP contribution in [0.25, 0.3) is 0 Å². The third kappa shape index (κ3) is 3.12. The van der Waals surface area contributed by atoms with Crippen LogP contribution in [0.2, 0.25) is 0 Å². The van der Waals surface area contributed by atoms with Gasteiger partial charge in [-0.2, -0.15) is 5.10 Å². The van der Waals surface area contributed by atoms with E-state index in [1.54, 1.807) is 16.8 Å². The largest absolute Gasteiger partial charge is 0.377 e.